The number of phenols is 1. The number of aromatic nitrogens is 4. The Bertz CT molecular complexity index is 1030. The number of nitrogens with zero attached hydrogens (tertiary/aromatic N) is 5. The highest BCUT2D eigenvalue weighted by molar-refractivity contribution is 5.90. The van der Waals surface area contributed by atoms with Crippen molar-refractivity contribution in [2.45, 2.75) is 25.3 Å². The number of aromatic carboxylic acids is 1. The molecule has 4 rings (SSSR count). The minimum Gasteiger partial charge on any atom is -0.507 e. The van der Waals surface area contributed by atoms with Crippen LogP contribution < -0.4 is 0 Å². The fourth-order valence-corrected chi connectivity index (χ4v) is 3.95. The molecule has 1 fully saturated rings. The Balaban J connectivity index is 1.55. The van der Waals surface area contributed by atoms with Crippen LogP contribution in [0, 0.1) is 0 Å². The van der Waals surface area contributed by atoms with Crippen LogP contribution in [-0.4, -0.2) is 53.7 Å². The molecule has 3 aromatic rings. The summed E-state index contributed by atoms with van der Waals surface area (Å²) >= 11 is 0. The van der Waals surface area contributed by atoms with E-state index in [9.17, 15) is 15.0 Å². The molecule has 8 heteroatoms. The Morgan fingerprint density at radius 2 is 2.03 bits per heavy atom. The van der Waals surface area contributed by atoms with E-state index in [1.807, 2.05) is 17.8 Å². The summed E-state index contributed by atoms with van der Waals surface area (Å²) in [5.41, 5.74) is 2.56. The van der Waals surface area contributed by atoms with Gasteiger partial charge in [0.2, 0.25) is 0 Å². The van der Waals surface area contributed by atoms with Crippen LogP contribution >= 0.6 is 0 Å². The van der Waals surface area contributed by atoms with Crippen LogP contribution in [0.3, 0.4) is 0 Å². The van der Waals surface area contributed by atoms with Crippen molar-refractivity contribution in [3.05, 3.63) is 59.8 Å². The van der Waals surface area contributed by atoms with Crippen LogP contribution in [0.15, 0.2) is 43.0 Å². The molecule has 0 bridgehead atoms. The average Bonchev–Trinajstić information content (AvgIpc) is 3.15. The molecule has 1 aliphatic heterocycles. The summed E-state index contributed by atoms with van der Waals surface area (Å²) in [6, 6.07) is 4.76. The number of aryl methyl sites for hydroxylation is 1. The Labute approximate surface area is 168 Å². The summed E-state index contributed by atoms with van der Waals surface area (Å²) in [4.78, 5) is 27.2. The Morgan fingerprint density at radius 1 is 1.21 bits per heavy atom. The second kappa shape index (κ2) is 8.00. The van der Waals surface area contributed by atoms with Crippen molar-refractivity contribution in [1.29, 1.82) is 0 Å². The van der Waals surface area contributed by atoms with Crippen LogP contribution in [0.25, 0.3) is 11.5 Å². The number of rotatable bonds is 5. The fraction of sp³-hybridized carbons (Fsp3) is 0.333. The summed E-state index contributed by atoms with van der Waals surface area (Å²) < 4.78 is 1.94. The van der Waals surface area contributed by atoms with Gasteiger partial charge in [-0.05, 0) is 37.1 Å². The van der Waals surface area contributed by atoms with Gasteiger partial charge in [-0.15, -0.1) is 0 Å². The number of benzene rings is 1. The van der Waals surface area contributed by atoms with Crippen LogP contribution in [0.5, 0.6) is 5.75 Å². The maximum atomic E-state index is 11.3. The van der Waals surface area contributed by atoms with Gasteiger partial charge in [-0.3, -0.25) is 9.88 Å². The molecule has 1 aromatic carbocycles. The molecule has 29 heavy (non-hydrogen) atoms. The lowest BCUT2D eigenvalue weighted by atomic mass is 9.92. The average molecular weight is 393 g/mol. The van der Waals surface area contributed by atoms with E-state index >= 15 is 0 Å². The lowest BCUT2D eigenvalue weighted by Gasteiger charge is -2.33. The normalized spacial score (nSPS) is 17.3. The number of imidazole rings is 1. The largest absolute Gasteiger partial charge is 0.507 e. The number of hydrogen-bond donors (Lipinski definition) is 2. The maximum absolute atomic E-state index is 11.3. The van der Waals surface area contributed by atoms with Gasteiger partial charge in [0, 0.05) is 50.8 Å². The predicted molar refractivity (Wildman–Crippen MR) is 107 cm³/mol. The number of carbonyl (C=O) groups is 1. The van der Waals surface area contributed by atoms with Crippen LogP contribution in [0.4, 0.5) is 0 Å². The number of hydrogen-bond acceptors (Lipinski definition) is 6. The van der Waals surface area contributed by atoms with Crippen molar-refractivity contribution in [3.63, 3.8) is 0 Å². The second-order valence-electron chi connectivity index (χ2n) is 7.38. The lowest BCUT2D eigenvalue weighted by molar-refractivity contribution is 0.0693. The third-order valence-electron chi connectivity index (χ3n) is 5.35. The fourth-order valence-electron chi connectivity index (χ4n) is 3.95. The Morgan fingerprint density at radius 3 is 2.79 bits per heavy atom. The van der Waals surface area contributed by atoms with E-state index in [2.05, 4.69) is 19.9 Å². The van der Waals surface area contributed by atoms with E-state index in [0.29, 0.717) is 6.54 Å². The second-order valence-corrected chi connectivity index (χ2v) is 7.38. The van der Waals surface area contributed by atoms with Gasteiger partial charge in [-0.1, -0.05) is 6.07 Å². The first-order chi connectivity index (χ1) is 14.0. The number of carboxylic acid groups (broad SMARTS) is 1. The van der Waals surface area contributed by atoms with E-state index in [0.717, 1.165) is 48.7 Å². The summed E-state index contributed by atoms with van der Waals surface area (Å²) in [7, 11) is 1.94. The third kappa shape index (κ3) is 3.97. The molecular weight excluding hydrogens is 370 g/mol. The first-order valence-electron chi connectivity index (χ1n) is 9.59. The molecule has 0 saturated carbocycles. The molecule has 0 amide bonds. The van der Waals surface area contributed by atoms with Crippen molar-refractivity contribution in [3.8, 4) is 17.3 Å². The monoisotopic (exact) mass is 393 g/mol. The smallest absolute Gasteiger partial charge is 0.339 e. The minimum atomic E-state index is -1.12. The van der Waals surface area contributed by atoms with E-state index < -0.39 is 5.97 Å². The van der Waals surface area contributed by atoms with Gasteiger partial charge < -0.3 is 14.8 Å². The van der Waals surface area contributed by atoms with Gasteiger partial charge in [0.05, 0.1) is 5.69 Å². The molecule has 1 saturated heterocycles. The van der Waals surface area contributed by atoms with Gasteiger partial charge in [0.15, 0.2) is 5.82 Å². The Kier molecular flexibility index (Phi) is 5.26. The zero-order chi connectivity index (χ0) is 20.4. The lowest BCUT2D eigenvalue weighted by Crippen LogP contribution is -2.34. The van der Waals surface area contributed by atoms with Gasteiger partial charge in [0.25, 0.3) is 0 Å². The SMILES string of the molecule is Cn1ccnc1-c1nccnc1[C@H]1CCCN(Cc2ccc(O)c(C(=O)O)c2)C1. The predicted octanol–water partition coefficient (Wildman–Crippen LogP) is 2.66. The molecule has 1 atom stereocenters. The minimum absolute atomic E-state index is 0.0675. The first-order valence-corrected chi connectivity index (χ1v) is 9.59. The van der Waals surface area contributed by atoms with Crippen LogP contribution in [0.1, 0.15) is 40.4 Å². The molecule has 0 spiro atoms. The van der Waals surface area contributed by atoms with Crippen LogP contribution in [0.2, 0.25) is 0 Å². The number of carboxylic acids is 1. The van der Waals surface area contributed by atoms with Gasteiger partial charge in [0.1, 0.15) is 17.0 Å². The van der Waals surface area contributed by atoms with Crippen molar-refractivity contribution < 1.29 is 15.0 Å². The molecule has 0 unspecified atom stereocenters. The van der Waals surface area contributed by atoms with E-state index in [4.69, 9.17) is 0 Å². The highest BCUT2D eigenvalue weighted by Gasteiger charge is 2.26. The van der Waals surface area contributed by atoms with Crippen molar-refractivity contribution in [2.75, 3.05) is 13.1 Å². The van der Waals surface area contributed by atoms with E-state index in [1.165, 1.54) is 6.07 Å². The number of piperidine rings is 1. The maximum Gasteiger partial charge on any atom is 0.339 e. The summed E-state index contributed by atoms with van der Waals surface area (Å²) in [5.74, 6) is -0.313. The molecule has 3 heterocycles. The molecular formula is C21H23N5O3. The molecule has 8 nitrogen and oxygen atoms in total. The summed E-state index contributed by atoms with van der Waals surface area (Å²) in [6.45, 7) is 2.35. The highest BCUT2D eigenvalue weighted by Crippen LogP contribution is 2.31. The van der Waals surface area contributed by atoms with E-state index in [1.54, 1.807) is 30.7 Å². The molecule has 150 valence electrons. The first kappa shape index (κ1) is 19.1. The summed E-state index contributed by atoms with van der Waals surface area (Å²) in [6.07, 6.45) is 9.10. The highest BCUT2D eigenvalue weighted by atomic mass is 16.4. The zero-order valence-corrected chi connectivity index (χ0v) is 16.2. The molecule has 0 radical (unpaired) electrons. The van der Waals surface area contributed by atoms with Gasteiger partial charge >= 0.3 is 5.97 Å². The van der Waals surface area contributed by atoms with E-state index in [-0.39, 0.29) is 17.2 Å². The molecule has 2 N–H and O–H groups in total. The quantitative estimate of drug-likeness (QED) is 0.687. The Hall–Kier alpha value is -3.26. The number of aromatic hydroxyl groups is 1. The van der Waals surface area contributed by atoms with Gasteiger partial charge in [-0.25, -0.2) is 14.8 Å². The molecule has 2 aromatic heterocycles. The molecule has 1 aliphatic rings. The number of likely N-dealkylation sites (tertiary alicyclic amines) is 1. The topological polar surface area (TPSA) is 104 Å². The molecule has 0 aliphatic carbocycles. The van der Waals surface area contributed by atoms with Crippen LogP contribution in [-0.2, 0) is 13.6 Å². The zero-order valence-electron chi connectivity index (χ0n) is 16.2. The summed E-state index contributed by atoms with van der Waals surface area (Å²) in [5, 5.41) is 19.0. The van der Waals surface area contributed by atoms with Gasteiger partial charge in [-0.2, -0.15) is 0 Å². The van der Waals surface area contributed by atoms with Crippen molar-refractivity contribution in [1.82, 2.24) is 24.4 Å². The van der Waals surface area contributed by atoms with Crippen molar-refractivity contribution >= 4 is 5.97 Å². The van der Waals surface area contributed by atoms with Crippen molar-refractivity contribution in [2.24, 2.45) is 7.05 Å². The third-order valence-corrected chi connectivity index (χ3v) is 5.35. The standard InChI is InChI=1S/C21H23N5O3/c1-25-10-8-24-20(25)19-18(22-6-7-23-19)15-3-2-9-26(13-15)12-14-4-5-17(27)16(11-14)21(28)29/h4-8,10-11,15,27H,2-3,9,12-13H2,1H3,(H,28,29)/t15-/m0/s1.